The van der Waals surface area contributed by atoms with Crippen LogP contribution in [-0.4, -0.2) is 15.8 Å². The van der Waals surface area contributed by atoms with Gasteiger partial charge in [-0.2, -0.15) is 5.10 Å². The first-order valence-electron chi connectivity index (χ1n) is 6.04. The Kier molecular flexibility index (Phi) is 5.50. The number of hydrazone groups is 1. The van der Waals surface area contributed by atoms with Gasteiger partial charge >= 0.3 is 0 Å². The van der Waals surface area contributed by atoms with Gasteiger partial charge in [-0.3, -0.25) is 10.4 Å². The minimum atomic E-state index is 0.328. The zero-order valence-electron chi connectivity index (χ0n) is 11.1. The fraction of sp³-hybridized carbons (Fsp3) is 0.0714. The van der Waals surface area contributed by atoms with Gasteiger partial charge in [0.25, 0.3) is 0 Å². The molecule has 2 N–H and O–H groups in total. The summed E-state index contributed by atoms with van der Waals surface area (Å²) in [5, 5.41) is 8.49. The van der Waals surface area contributed by atoms with Crippen molar-refractivity contribution >= 4 is 51.9 Å². The van der Waals surface area contributed by atoms with Crippen molar-refractivity contribution in [3.8, 4) is 0 Å². The van der Waals surface area contributed by atoms with Crippen LogP contribution in [0.15, 0.2) is 47.7 Å². The van der Waals surface area contributed by atoms with E-state index in [0.29, 0.717) is 20.8 Å². The third-order valence-corrected chi connectivity index (χ3v) is 3.28. The molecule has 0 fully saturated rings. The van der Waals surface area contributed by atoms with Crippen LogP contribution in [0.5, 0.6) is 0 Å². The van der Waals surface area contributed by atoms with Crippen LogP contribution in [0.1, 0.15) is 12.6 Å². The van der Waals surface area contributed by atoms with Crippen molar-refractivity contribution in [3.63, 3.8) is 0 Å². The molecule has 0 saturated heterocycles. The second-order valence-electron chi connectivity index (χ2n) is 4.10. The molecular weight excluding hydrogens is 327 g/mol. The van der Waals surface area contributed by atoms with Crippen LogP contribution < -0.4 is 10.7 Å². The van der Waals surface area contributed by atoms with E-state index >= 15 is 0 Å². The predicted octanol–water partition coefficient (Wildman–Crippen LogP) is 4.10. The molecule has 0 unspecified atom stereocenters. The average Bonchev–Trinajstić information content (AvgIpc) is 2.48. The third kappa shape index (κ3) is 4.67. The Morgan fingerprint density at radius 2 is 2.05 bits per heavy atom. The number of halogens is 2. The molecule has 0 spiro atoms. The normalized spacial score (nSPS) is 11.1. The van der Waals surface area contributed by atoms with E-state index in [1.165, 1.54) is 0 Å². The molecule has 21 heavy (non-hydrogen) atoms. The van der Waals surface area contributed by atoms with Crippen LogP contribution in [0.25, 0.3) is 0 Å². The highest BCUT2D eigenvalue weighted by Gasteiger charge is 2.03. The minimum absolute atomic E-state index is 0.328. The Balaban J connectivity index is 1.99. The van der Waals surface area contributed by atoms with E-state index in [4.69, 9.17) is 35.4 Å². The first-order chi connectivity index (χ1) is 10.1. The van der Waals surface area contributed by atoms with Crippen LogP contribution in [0.3, 0.4) is 0 Å². The van der Waals surface area contributed by atoms with E-state index in [-0.39, 0.29) is 0 Å². The van der Waals surface area contributed by atoms with Gasteiger partial charge in [0.15, 0.2) is 5.11 Å². The number of nitrogens with zero attached hydrogens (tertiary/aromatic N) is 2. The third-order valence-electron chi connectivity index (χ3n) is 2.54. The van der Waals surface area contributed by atoms with E-state index in [1.54, 1.807) is 24.4 Å². The summed E-state index contributed by atoms with van der Waals surface area (Å²) >= 11 is 17.0. The standard InChI is InChI=1S/C14H12Cl2N4S/c1-9(12-4-2-3-7-17-12)19-20-14(21)18-13-6-5-10(15)8-11(13)16/h2-8H,1H3,(H2,18,20,21)/b19-9+. The Morgan fingerprint density at radius 3 is 2.71 bits per heavy atom. The number of pyridine rings is 1. The van der Waals surface area contributed by atoms with Crippen LogP contribution in [0.4, 0.5) is 5.69 Å². The molecule has 0 aliphatic heterocycles. The molecule has 0 amide bonds. The predicted molar refractivity (Wildman–Crippen MR) is 92.3 cm³/mol. The van der Waals surface area contributed by atoms with E-state index < -0.39 is 0 Å². The largest absolute Gasteiger partial charge is 0.330 e. The lowest BCUT2D eigenvalue weighted by Gasteiger charge is -2.09. The Hall–Kier alpha value is -1.69. The van der Waals surface area contributed by atoms with Crippen molar-refractivity contribution in [1.82, 2.24) is 10.4 Å². The van der Waals surface area contributed by atoms with Crippen molar-refractivity contribution < 1.29 is 0 Å². The Labute approximate surface area is 138 Å². The second kappa shape index (κ2) is 7.36. The average molecular weight is 339 g/mol. The summed E-state index contributed by atoms with van der Waals surface area (Å²) in [6.45, 7) is 1.84. The van der Waals surface area contributed by atoms with Gasteiger partial charge in [-0.05, 0) is 49.5 Å². The van der Waals surface area contributed by atoms with Gasteiger partial charge in [0.05, 0.1) is 22.1 Å². The highest BCUT2D eigenvalue weighted by Crippen LogP contribution is 2.25. The van der Waals surface area contributed by atoms with E-state index in [9.17, 15) is 0 Å². The first kappa shape index (κ1) is 15.7. The molecule has 0 aliphatic carbocycles. The first-order valence-corrected chi connectivity index (χ1v) is 7.20. The van der Waals surface area contributed by atoms with Crippen LogP contribution in [0.2, 0.25) is 10.0 Å². The van der Waals surface area contributed by atoms with Gasteiger partial charge in [-0.25, -0.2) is 0 Å². The Morgan fingerprint density at radius 1 is 1.24 bits per heavy atom. The molecule has 0 aliphatic rings. The molecule has 1 aromatic carbocycles. The topological polar surface area (TPSA) is 49.3 Å². The summed E-state index contributed by atoms with van der Waals surface area (Å²) in [4.78, 5) is 4.19. The fourth-order valence-corrected chi connectivity index (χ4v) is 2.12. The molecule has 1 aromatic heterocycles. The van der Waals surface area contributed by atoms with Gasteiger partial charge < -0.3 is 5.32 Å². The quantitative estimate of drug-likeness (QED) is 0.502. The molecule has 1 heterocycles. The maximum Gasteiger partial charge on any atom is 0.191 e. The number of hydrogen-bond acceptors (Lipinski definition) is 3. The SMILES string of the molecule is C/C(=N\NC(=S)Nc1ccc(Cl)cc1Cl)c1ccccn1. The molecule has 7 heteroatoms. The van der Waals surface area contributed by atoms with Crippen molar-refractivity contribution in [2.45, 2.75) is 6.92 Å². The summed E-state index contributed by atoms with van der Waals surface area (Å²) < 4.78 is 0. The van der Waals surface area contributed by atoms with Gasteiger partial charge in [0.1, 0.15) is 0 Å². The molecular formula is C14H12Cl2N4S. The van der Waals surface area contributed by atoms with Gasteiger partial charge in [-0.1, -0.05) is 29.3 Å². The maximum absolute atomic E-state index is 6.05. The molecule has 0 bridgehead atoms. The lowest BCUT2D eigenvalue weighted by molar-refractivity contribution is 1.03. The number of benzene rings is 1. The molecule has 4 nitrogen and oxygen atoms in total. The summed E-state index contributed by atoms with van der Waals surface area (Å²) in [6, 6.07) is 10.7. The zero-order valence-corrected chi connectivity index (χ0v) is 13.4. The van der Waals surface area contributed by atoms with Crippen molar-refractivity contribution in [1.29, 1.82) is 0 Å². The molecule has 2 rings (SSSR count). The highest BCUT2D eigenvalue weighted by molar-refractivity contribution is 7.80. The van der Waals surface area contributed by atoms with Crippen molar-refractivity contribution in [2.75, 3.05) is 5.32 Å². The zero-order chi connectivity index (χ0) is 15.2. The van der Waals surface area contributed by atoms with E-state index in [1.807, 2.05) is 25.1 Å². The van der Waals surface area contributed by atoms with E-state index in [0.717, 1.165) is 11.4 Å². The van der Waals surface area contributed by atoms with Gasteiger partial charge in [0, 0.05) is 11.2 Å². The molecule has 0 radical (unpaired) electrons. The molecule has 108 valence electrons. The maximum atomic E-state index is 6.05. The summed E-state index contributed by atoms with van der Waals surface area (Å²) in [5.41, 5.74) is 4.90. The lowest BCUT2D eigenvalue weighted by atomic mass is 10.3. The number of thiocarbonyl (C=S) groups is 1. The number of hydrogen-bond donors (Lipinski definition) is 2. The summed E-state index contributed by atoms with van der Waals surface area (Å²) in [5.74, 6) is 0. The summed E-state index contributed by atoms with van der Waals surface area (Å²) in [6.07, 6.45) is 1.71. The fourth-order valence-electron chi connectivity index (χ4n) is 1.51. The number of nitrogens with one attached hydrogen (secondary N) is 2. The minimum Gasteiger partial charge on any atom is -0.330 e. The van der Waals surface area contributed by atoms with Crippen molar-refractivity contribution in [3.05, 3.63) is 58.3 Å². The molecule has 2 aromatic rings. The van der Waals surface area contributed by atoms with Crippen molar-refractivity contribution in [2.24, 2.45) is 5.10 Å². The highest BCUT2D eigenvalue weighted by atomic mass is 35.5. The smallest absolute Gasteiger partial charge is 0.191 e. The number of anilines is 1. The van der Waals surface area contributed by atoms with Gasteiger partial charge in [-0.15, -0.1) is 0 Å². The van der Waals surface area contributed by atoms with Crippen LogP contribution in [-0.2, 0) is 0 Å². The molecule has 0 atom stereocenters. The number of aromatic nitrogens is 1. The van der Waals surface area contributed by atoms with Gasteiger partial charge in [0.2, 0.25) is 0 Å². The monoisotopic (exact) mass is 338 g/mol. The summed E-state index contributed by atoms with van der Waals surface area (Å²) in [7, 11) is 0. The van der Waals surface area contributed by atoms with Crippen LogP contribution >= 0.6 is 35.4 Å². The number of rotatable bonds is 3. The lowest BCUT2D eigenvalue weighted by Crippen LogP contribution is -2.25. The van der Waals surface area contributed by atoms with Crippen LogP contribution in [0, 0.1) is 0 Å². The Bertz CT molecular complexity index is 674. The molecule has 0 saturated carbocycles. The second-order valence-corrected chi connectivity index (χ2v) is 5.35. The van der Waals surface area contributed by atoms with E-state index in [2.05, 4.69) is 20.8 Å².